The molecule has 1 aromatic carbocycles. The van der Waals surface area contributed by atoms with Gasteiger partial charge in [0.05, 0.1) is 11.5 Å². The van der Waals surface area contributed by atoms with E-state index in [0.717, 1.165) is 13.0 Å². The first-order chi connectivity index (χ1) is 8.60. The molecule has 2 N–H and O–H groups in total. The summed E-state index contributed by atoms with van der Waals surface area (Å²) in [6.07, 6.45) is 0.911. The molecule has 5 nitrogen and oxygen atoms in total. The van der Waals surface area contributed by atoms with Gasteiger partial charge < -0.3 is 10.1 Å². The topological polar surface area (TPSA) is 67.4 Å². The zero-order valence-electron chi connectivity index (χ0n) is 10.8. The van der Waals surface area contributed by atoms with E-state index < -0.39 is 10.0 Å². The molecule has 0 heterocycles. The fraction of sp³-hybridized carbons (Fsp3) is 0.500. The largest absolute Gasteiger partial charge is 0.494 e. The van der Waals surface area contributed by atoms with Crippen molar-refractivity contribution in [1.82, 2.24) is 10.0 Å². The van der Waals surface area contributed by atoms with Crippen LogP contribution in [0.25, 0.3) is 0 Å². The Hall–Kier alpha value is -1.11. The Bertz CT molecular complexity index is 443. The Morgan fingerprint density at radius 3 is 2.44 bits per heavy atom. The van der Waals surface area contributed by atoms with Gasteiger partial charge in [-0.3, -0.25) is 0 Å². The molecule has 0 aliphatic carbocycles. The van der Waals surface area contributed by atoms with E-state index in [4.69, 9.17) is 4.74 Å². The molecule has 0 amide bonds. The molecule has 0 unspecified atom stereocenters. The van der Waals surface area contributed by atoms with Crippen LogP contribution in [0.2, 0.25) is 0 Å². The third kappa shape index (κ3) is 4.64. The minimum atomic E-state index is -3.37. The Kier molecular flexibility index (Phi) is 6.11. The van der Waals surface area contributed by atoms with Gasteiger partial charge in [0, 0.05) is 6.54 Å². The van der Waals surface area contributed by atoms with Gasteiger partial charge in [0.15, 0.2) is 0 Å². The molecule has 0 radical (unpaired) electrons. The van der Waals surface area contributed by atoms with Crippen LogP contribution in [0.4, 0.5) is 0 Å². The van der Waals surface area contributed by atoms with Crippen LogP contribution in [0.15, 0.2) is 29.2 Å². The highest BCUT2D eigenvalue weighted by Crippen LogP contribution is 2.15. The molecule has 6 heteroatoms. The van der Waals surface area contributed by atoms with E-state index in [2.05, 4.69) is 10.0 Å². The first-order valence-corrected chi connectivity index (χ1v) is 7.45. The number of hydrogen-bond donors (Lipinski definition) is 2. The summed E-state index contributed by atoms with van der Waals surface area (Å²) in [5.41, 5.74) is 0. The Morgan fingerprint density at radius 2 is 1.89 bits per heavy atom. The number of rotatable bonds is 8. The normalized spacial score (nSPS) is 11.4. The molecule has 1 aromatic rings. The second kappa shape index (κ2) is 7.35. The molecule has 0 saturated heterocycles. The first kappa shape index (κ1) is 14.9. The molecule has 0 aromatic heterocycles. The fourth-order valence-electron chi connectivity index (χ4n) is 1.43. The van der Waals surface area contributed by atoms with Crippen LogP contribution in [-0.4, -0.2) is 35.2 Å². The molecule has 0 saturated carbocycles. The summed E-state index contributed by atoms with van der Waals surface area (Å²) in [6.45, 7) is 3.63. The molecule has 0 aliphatic rings. The highest BCUT2D eigenvalue weighted by Gasteiger charge is 2.11. The molecule has 102 valence electrons. The second-order valence-electron chi connectivity index (χ2n) is 3.78. The number of hydrogen-bond acceptors (Lipinski definition) is 4. The van der Waals surface area contributed by atoms with Crippen LogP contribution < -0.4 is 14.8 Å². The van der Waals surface area contributed by atoms with E-state index in [9.17, 15) is 8.42 Å². The summed E-state index contributed by atoms with van der Waals surface area (Å²) in [5, 5.41) is 3.03. The molecule has 18 heavy (non-hydrogen) atoms. The minimum Gasteiger partial charge on any atom is -0.494 e. The zero-order chi connectivity index (χ0) is 13.4. The first-order valence-electron chi connectivity index (χ1n) is 5.97. The average molecular weight is 272 g/mol. The predicted molar refractivity (Wildman–Crippen MR) is 71.3 cm³/mol. The monoisotopic (exact) mass is 272 g/mol. The van der Waals surface area contributed by atoms with Gasteiger partial charge in [-0.2, -0.15) is 0 Å². The number of sulfonamides is 1. The van der Waals surface area contributed by atoms with E-state index in [1.807, 2.05) is 7.05 Å². The quantitative estimate of drug-likeness (QED) is 0.692. The van der Waals surface area contributed by atoms with Crippen molar-refractivity contribution in [3.8, 4) is 5.75 Å². The van der Waals surface area contributed by atoms with Crippen LogP contribution in [0.5, 0.6) is 5.75 Å². The van der Waals surface area contributed by atoms with Crippen molar-refractivity contribution in [1.29, 1.82) is 0 Å². The summed E-state index contributed by atoms with van der Waals surface area (Å²) in [5.74, 6) is 0.682. The Labute approximate surface area is 109 Å². The zero-order valence-corrected chi connectivity index (χ0v) is 11.6. The van der Waals surface area contributed by atoms with Gasteiger partial charge in [0.2, 0.25) is 10.0 Å². The van der Waals surface area contributed by atoms with Gasteiger partial charge in [-0.05, 0) is 44.3 Å². The SMILES string of the molecule is CCNS(=O)(=O)c1ccc(OCCCNC)cc1. The van der Waals surface area contributed by atoms with Crippen molar-refractivity contribution < 1.29 is 13.2 Å². The van der Waals surface area contributed by atoms with Crippen molar-refractivity contribution in [2.45, 2.75) is 18.2 Å². The summed E-state index contributed by atoms with van der Waals surface area (Å²) >= 11 is 0. The molecular formula is C12H20N2O3S. The van der Waals surface area contributed by atoms with Crippen LogP contribution in [0, 0.1) is 0 Å². The van der Waals surface area contributed by atoms with Gasteiger partial charge in [0.25, 0.3) is 0 Å². The summed E-state index contributed by atoms with van der Waals surface area (Å²) in [4.78, 5) is 0.256. The predicted octanol–water partition coefficient (Wildman–Crippen LogP) is 0.973. The van der Waals surface area contributed by atoms with Gasteiger partial charge in [-0.15, -0.1) is 0 Å². The van der Waals surface area contributed by atoms with E-state index in [1.54, 1.807) is 31.2 Å². The van der Waals surface area contributed by atoms with E-state index in [1.165, 1.54) is 0 Å². The highest BCUT2D eigenvalue weighted by atomic mass is 32.2. The van der Waals surface area contributed by atoms with Crippen molar-refractivity contribution >= 4 is 10.0 Å². The Morgan fingerprint density at radius 1 is 1.22 bits per heavy atom. The highest BCUT2D eigenvalue weighted by molar-refractivity contribution is 7.89. The molecule has 0 bridgehead atoms. The van der Waals surface area contributed by atoms with Gasteiger partial charge in [-0.1, -0.05) is 6.92 Å². The third-order valence-corrected chi connectivity index (χ3v) is 3.87. The van der Waals surface area contributed by atoms with E-state index in [0.29, 0.717) is 18.9 Å². The fourth-order valence-corrected chi connectivity index (χ4v) is 2.47. The maximum absolute atomic E-state index is 11.7. The van der Waals surface area contributed by atoms with Crippen molar-refractivity contribution in [3.63, 3.8) is 0 Å². The number of ether oxygens (including phenoxy) is 1. The van der Waals surface area contributed by atoms with Crippen molar-refractivity contribution in [2.75, 3.05) is 26.7 Å². The maximum atomic E-state index is 11.7. The number of benzene rings is 1. The lowest BCUT2D eigenvalue weighted by molar-refractivity contribution is 0.309. The standard InChI is InChI=1S/C12H20N2O3S/c1-3-14-18(15,16)12-7-5-11(6-8-12)17-10-4-9-13-2/h5-8,13-14H,3-4,9-10H2,1-2H3. The average Bonchev–Trinajstić information content (AvgIpc) is 2.35. The summed E-state index contributed by atoms with van der Waals surface area (Å²) in [6, 6.07) is 6.43. The van der Waals surface area contributed by atoms with Crippen LogP contribution in [-0.2, 0) is 10.0 Å². The Balaban J connectivity index is 2.57. The van der Waals surface area contributed by atoms with E-state index in [-0.39, 0.29) is 4.90 Å². The van der Waals surface area contributed by atoms with Crippen LogP contribution in [0.1, 0.15) is 13.3 Å². The summed E-state index contributed by atoms with van der Waals surface area (Å²) < 4.78 is 31.3. The van der Waals surface area contributed by atoms with Gasteiger partial charge in [0.1, 0.15) is 5.75 Å². The molecule has 0 aliphatic heterocycles. The lowest BCUT2D eigenvalue weighted by Gasteiger charge is -2.08. The van der Waals surface area contributed by atoms with Crippen molar-refractivity contribution in [3.05, 3.63) is 24.3 Å². The molecular weight excluding hydrogens is 252 g/mol. The lowest BCUT2D eigenvalue weighted by Crippen LogP contribution is -2.22. The van der Waals surface area contributed by atoms with Crippen LogP contribution >= 0.6 is 0 Å². The van der Waals surface area contributed by atoms with Gasteiger partial charge >= 0.3 is 0 Å². The summed E-state index contributed by atoms with van der Waals surface area (Å²) in [7, 11) is -1.48. The minimum absolute atomic E-state index is 0.256. The smallest absolute Gasteiger partial charge is 0.240 e. The second-order valence-corrected chi connectivity index (χ2v) is 5.55. The molecule has 1 rings (SSSR count). The molecule has 0 spiro atoms. The van der Waals surface area contributed by atoms with Gasteiger partial charge in [-0.25, -0.2) is 13.1 Å². The molecule has 0 atom stereocenters. The van der Waals surface area contributed by atoms with Crippen molar-refractivity contribution in [2.24, 2.45) is 0 Å². The van der Waals surface area contributed by atoms with Crippen LogP contribution in [0.3, 0.4) is 0 Å². The maximum Gasteiger partial charge on any atom is 0.240 e. The molecule has 0 fully saturated rings. The number of nitrogens with one attached hydrogen (secondary N) is 2. The lowest BCUT2D eigenvalue weighted by atomic mass is 10.3. The third-order valence-electron chi connectivity index (χ3n) is 2.31. The van der Waals surface area contributed by atoms with E-state index >= 15 is 0 Å².